The number of carbonyl (C=O) groups excluding carboxylic acids is 2. The molecule has 0 aliphatic heterocycles. The fourth-order valence-electron chi connectivity index (χ4n) is 3.88. The average molecular weight is 445 g/mol. The first-order chi connectivity index (χ1) is 15.2. The lowest BCUT2D eigenvalue weighted by Crippen LogP contribution is -2.17. The van der Waals surface area contributed by atoms with Crippen LogP contribution in [0.25, 0.3) is 0 Å². The maximum atomic E-state index is 12.2. The number of carboxylic acids is 1. The molecule has 176 valence electrons. The third kappa shape index (κ3) is 7.98. The quantitative estimate of drug-likeness (QED) is 0.217. The molecular formula is C26H36O6. The van der Waals surface area contributed by atoms with Crippen molar-refractivity contribution < 1.29 is 29.0 Å². The van der Waals surface area contributed by atoms with Crippen molar-refractivity contribution in [3.05, 3.63) is 47.1 Å². The fraction of sp³-hybridized carbons (Fsp3) is 0.500. The first kappa shape index (κ1) is 27.1. The lowest BCUT2D eigenvalue weighted by Gasteiger charge is -2.26. The molecule has 1 N–H and O–H groups in total. The molecule has 2 rings (SSSR count). The van der Waals surface area contributed by atoms with E-state index in [2.05, 4.69) is 13.5 Å². The van der Waals surface area contributed by atoms with Crippen molar-refractivity contribution in [2.24, 2.45) is 0 Å². The summed E-state index contributed by atoms with van der Waals surface area (Å²) in [6.45, 7) is 11.9. The molecule has 0 saturated carbocycles. The number of hydrogen-bond acceptors (Lipinski definition) is 5. The zero-order chi connectivity index (χ0) is 24.3. The summed E-state index contributed by atoms with van der Waals surface area (Å²) < 4.78 is 10.9. The van der Waals surface area contributed by atoms with Crippen LogP contribution in [0, 0.1) is 0 Å². The number of unbranched alkanes of at least 4 members (excludes halogenated alkanes) is 2. The Labute approximate surface area is 191 Å². The molecule has 32 heavy (non-hydrogen) atoms. The molecule has 0 fully saturated rings. The number of aryl methyl sites for hydroxylation is 1. The third-order valence-corrected chi connectivity index (χ3v) is 5.07. The monoisotopic (exact) mass is 444 g/mol. The number of ether oxygens (including phenoxy) is 2. The molecule has 1 aliphatic rings. The van der Waals surface area contributed by atoms with E-state index >= 15 is 0 Å². The molecule has 1 atom stereocenters. The molecule has 0 bridgehead atoms. The number of benzene rings is 1. The third-order valence-electron chi connectivity index (χ3n) is 5.07. The summed E-state index contributed by atoms with van der Waals surface area (Å²) in [5, 5.41) is 9.95. The summed E-state index contributed by atoms with van der Waals surface area (Å²) >= 11 is 0. The van der Waals surface area contributed by atoms with E-state index in [1.165, 1.54) is 19.4 Å². The van der Waals surface area contributed by atoms with Crippen LogP contribution in [0.15, 0.2) is 30.4 Å². The Morgan fingerprint density at radius 2 is 1.81 bits per heavy atom. The second kappa shape index (κ2) is 13.5. The van der Waals surface area contributed by atoms with Crippen molar-refractivity contribution in [3.8, 4) is 11.5 Å². The van der Waals surface area contributed by atoms with Gasteiger partial charge >= 0.3 is 17.9 Å². The first-order valence-corrected chi connectivity index (χ1v) is 11.2. The maximum absolute atomic E-state index is 12.2. The van der Waals surface area contributed by atoms with Crippen molar-refractivity contribution in [2.75, 3.05) is 0 Å². The lowest BCUT2D eigenvalue weighted by molar-refractivity contribution is -0.132. The highest BCUT2D eigenvalue weighted by Crippen LogP contribution is 2.45. The lowest BCUT2D eigenvalue weighted by atomic mass is 9.83. The van der Waals surface area contributed by atoms with Gasteiger partial charge in [0.2, 0.25) is 0 Å². The summed E-state index contributed by atoms with van der Waals surface area (Å²) in [6.07, 6.45) is 9.65. The Morgan fingerprint density at radius 3 is 2.31 bits per heavy atom. The molecule has 1 aliphatic carbocycles. The molecule has 0 aromatic heterocycles. The molecule has 1 aromatic rings. The zero-order valence-electron chi connectivity index (χ0n) is 20.0. The molecule has 0 heterocycles. The van der Waals surface area contributed by atoms with Crippen LogP contribution in [0.1, 0.15) is 101 Å². The fourth-order valence-corrected chi connectivity index (χ4v) is 3.88. The molecule has 6 heteroatoms. The van der Waals surface area contributed by atoms with Crippen LogP contribution >= 0.6 is 0 Å². The van der Waals surface area contributed by atoms with Crippen LogP contribution in [0.5, 0.6) is 11.5 Å². The van der Waals surface area contributed by atoms with Crippen LogP contribution in [-0.4, -0.2) is 23.0 Å². The number of hydrogen-bond donors (Lipinski definition) is 1. The summed E-state index contributed by atoms with van der Waals surface area (Å²) in [5.41, 5.74) is 2.14. The van der Waals surface area contributed by atoms with Gasteiger partial charge in [-0.2, -0.15) is 0 Å². The Balaban J connectivity index is 0.00000161. The van der Waals surface area contributed by atoms with Crippen LogP contribution in [0.4, 0.5) is 0 Å². The second-order valence-corrected chi connectivity index (χ2v) is 8.02. The SMILES string of the molecule is C=CC.CCCCCc1cc(OC(C)=O)c([C@@H]2C=C(C)CCC2)c(OC(C)=O)c1C(=O)O. The normalized spacial score (nSPS) is 15.0. The minimum absolute atomic E-state index is 0.00574. The van der Waals surface area contributed by atoms with Crippen molar-refractivity contribution in [3.63, 3.8) is 0 Å². The number of carboxylic acid groups (broad SMARTS) is 1. The van der Waals surface area contributed by atoms with Crippen LogP contribution < -0.4 is 9.47 Å². The first-order valence-electron chi connectivity index (χ1n) is 11.2. The van der Waals surface area contributed by atoms with Crippen LogP contribution in [0.3, 0.4) is 0 Å². The molecule has 0 saturated heterocycles. The van der Waals surface area contributed by atoms with Gasteiger partial charge in [0.1, 0.15) is 11.3 Å². The van der Waals surface area contributed by atoms with E-state index < -0.39 is 17.9 Å². The number of aromatic carboxylic acids is 1. The smallest absolute Gasteiger partial charge is 0.339 e. The molecule has 0 spiro atoms. The van der Waals surface area contributed by atoms with E-state index in [1.807, 2.05) is 19.9 Å². The summed E-state index contributed by atoms with van der Waals surface area (Å²) in [5.74, 6) is -2.16. The van der Waals surface area contributed by atoms with E-state index in [4.69, 9.17) is 9.47 Å². The van der Waals surface area contributed by atoms with E-state index in [1.54, 1.807) is 12.1 Å². The van der Waals surface area contributed by atoms with Gasteiger partial charge in [0.05, 0.1) is 0 Å². The largest absolute Gasteiger partial charge is 0.478 e. The van der Waals surface area contributed by atoms with Gasteiger partial charge in [-0.25, -0.2) is 4.79 Å². The predicted octanol–water partition coefficient (Wildman–Crippen LogP) is 6.37. The topological polar surface area (TPSA) is 89.9 Å². The van der Waals surface area contributed by atoms with Gasteiger partial charge < -0.3 is 14.6 Å². The van der Waals surface area contributed by atoms with E-state index in [0.29, 0.717) is 17.5 Å². The highest BCUT2D eigenvalue weighted by Gasteiger charge is 2.31. The molecule has 0 unspecified atom stereocenters. The highest BCUT2D eigenvalue weighted by molar-refractivity contribution is 5.95. The maximum Gasteiger partial charge on any atom is 0.339 e. The summed E-state index contributed by atoms with van der Waals surface area (Å²) in [4.78, 5) is 35.8. The zero-order valence-corrected chi connectivity index (χ0v) is 20.0. The second-order valence-electron chi connectivity index (χ2n) is 8.02. The van der Waals surface area contributed by atoms with Gasteiger partial charge in [0.15, 0.2) is 5.75 Å². The van der Waals surface area contributed by atoms with Crippen molar-refractivity contribution in [2.45, 2.75) is 85.5 Å². The Morgan fingerprint density at radius 1 is 1.19 bits per heavy atom. The van der Waals surface area contributed by atoms with Gasteiger partial charge in [-0.05, 0) is 57.6 Å². The number of carbonyl (C=O) groups is 3. The standard InChI is InChI=1S/C23H30O6.C3H6/c1-5-6-7-10-18-13-19(28-15(3)24)20(17-11-8-9-14(2)12-17)22(29-16(4)25)21(18)23(26)27;1-3-2/h12-13,17H,5-11H2,1-4H3,(H,26,27);3H,1H2,2H3/t17-;/m0./s1. The van der Waals surface area contributed by atoms with Gasteiger partial charge in [0.25, 0.3) is 0 Å². The van der Waals surface area contributed by atoms with Gasteiger partial charge in [-0.1, -0.05) is 37.5 Å². The van der Waals surface area contributed by atoms with Gasteiger partial charge in [-0.15, -0.1) is 6.58 Å². The predicted molar refractivity (Wildman–Crippen MR) is 125 cm³/mol. The van der Waals surface area contributed by atoms with Crippen LogP contribution in [-0.2, 0) is 16.0 Å². The molecule has 1 aromatic carbocycles. The molecular weight excluding hydrogens is 408 g/mol. The highest BCUT2D eigenvalue weighted by atomic mass is 16.5. The summed E-state index contributed by atoms with van der Waals surface area (Å²) in [7, 11) is 0. The van der Waals surface area contributed by atoms with Crippen molar-refractivity contribution in [1.29, 1.82) is 0 Å². The Hall–Kier alpha value is -2.89. The number of rotatable bonds is 8. The average Bonchev–Trinajstić information content (AvgIpc) is 2.67. The van der Waals surface area contributed by atoms with E-state index in [-0.39, 0.29) is 23.0 Å². The van der Waals surface area contributed by atoms with Crippen molar-refractivity contribution >= 4 is 17.9 Å². The molecule has 6 nitrogen and oxygen atoms in total. The van der Waals surface area contributed by atoms with Crippen molar-refractivity contribution in [1.82, 2.24) is 0 Å². The minimum atomic E-state index is -1.15. The van der Waals surface area contributed by atoms with Gasteiger partial charge in [-0.3, -0.25) is 9.59 Å². The number of allylic oxidation sites excluding steroid dienone is 3. The number of esters is 2. The van der Waals surface area contributed by atoms with E-state index in [9.17, 15) is 19.5 Å². The molecule has 0 amide bonds. The Kier molecular flexibility index (Phi) is 11.5. The molecule has 0 radical (unpaired) electrons. The summed E-state index contributed by atoms with van der Waals surface area (Å²) in [6, 6.07) is 1.64. The minimum Gasteiger partial charge on any atom is -0.478 e. The van der Waals surface area contributed by atoms with Crippen LogP contribution in [0.2, 0.25) is 0 Å². The van der Waals surface area contributed by atoms with E-state index in [0.717, 1.165) is 38.5 Å². The van der Waals surface area contributed by atoms with Gasteiger partial charge in [0, 0.05) is 25.3 Å². The Bertz CT molecular complexity index is 866.